The molecule has 0 spiro atoms. The second-order valence-corrected chi connectivity index (χ2v) is 6.25. The van der Waals surface area contributed by atoms with Crippen LogP contribution in [0.25, 0.3) is 0 Å². The van der Waals surface area contributed by atoms with E-state index in [1.807, 2.05) is 11.6 Å². The van der Waals surface area contributed by atoms with E-state index in [9.17, 15) is 0 Å². The molecule has 2 aromatic heterocycles. The Morgan fingerprint density at radius 2 is 2.00 bits per heavy atom. The number of aromatic nitrogens is 5. The molecule has 1 saturated carbocycles. The van der Waals surface area contributed by atoms with Crippen LogP contribution >= 0.6 is 0 Å². The Morgan fingerprint density at radius 3 is 2.73 bits per heavy atom. The normalized spacial score (nSPS) is 22.7. The molecule has 118 valence electrons. The summed E-state index contributed by atoms with van der Waals surface area (Å²) in [6.07, 6.45) is 5.80. The van der Waals surface area contributed by atoms with Crippen molar-refractivity contribution < 1.29 is 9.15 Å². The fourth-order valence-electron chi connectivity index (χ4n) is 2.99. The molecule has 0 amide bonds. The van der Waals surface area contributed by atoms with E-state index in [-0.39, 0.29) is 5.92 Å². The lowest BCUT2D eigenvalue weighted by Crippen LogP contribution is -2.15. The summed E-state index contributed by atoms with van der Waals surface area (Å²) in [4.78, 5) is 4.57. The first-order chi connectivity index (χ1) is 10.8. The van der Waals surface area contributed by atoms with Crippen molar-refractivity contribution in [2.75, 3.05) is 13.2 Å². The van der Waals surface area contributed by atoms with E-state index in [1.54, 1.807) is 0 Å². The van der Waals surface area contributed by atoms with Crippen LogP contribution in [0, 0.1) is 6.92 Å². The van der Waals surface area contributed by atoms with Crippen LogP contribution in [-0.4, -0.2) is 38.2 Å². The van der Waals surface area contributed by atoms with Crippen LogP contribution in [0.3, 0.4) is 0 Å². The fourth-order valence-corrected chi connectivity index (χ4v) is 2.99. The molecule has 0 aromatic carbocycles. The standard InChI is InChI=1S/C15H21N5O2/c1-10-16-14(11-4-2-5-11)19-20(10)8-13-17-18-15(22-13)12-6-3-7-21-9-12/h11-12H,2-9H2,1H3. The van der Waals surface area contributed by atoms with Gasteiger partial charge in [-0.2, -0.15) is 5.10 Å². The lowest BCUT2D eigenvalue weighted by atomic mass is 9.85. The predicted molar refractivity (Wildman–Crippen MR) is 77.5 cm³/mol. The van der Waals surface area contributed by atoms with Crippen molar-refractivity contribution in [1.29, 1.82) is 0 Å². The zero-order valence-electron chi connectivity index (χ0n) is 12.9. The van der Waals surface area contributed by atoms with Crippen molar-refractivity contribution in [1.82, 2.24) is 25.0 Å². The highest BCUT2D eigenvalue weighted by Crippen LogP contribution is 2.34. The molecule has 1 aliphatic heterocycles. The van der Waals surface area contributed by atoms with E-state index in [0.29, 0.717) is 30.9 Å². The predicted octanol–water partition coefficient (Wildman–Crippen LogP) is 2.18. The van der Waals surface area contributed by atoms with Crippen molar-refractivity contribution in [3.8, 4) is 0 Å². The second-order valence-electron chi connectivity index (χ2n) is 6.25. The largest absolute Gasteiger partial charge is 0.423 e. The van der Waals surface area contributed by atoms with E-state index in [2.05, 4.69) is 20.3 Å². The van der Waals surface area contributed by atoms with Crippen LogP contribution in [0.15, 0.2) is 4.42 Å². The average Bonchev–Trinajstić information content (AvgIpc) is 3.07. The Bertz CT molecular complexity index is 640. The van der Waals surface area contributed by atoms with Gasteiger partial charge < -0.3 is 9.15 Å². The summed E-state index contributed by atoms with van der Waals surface area (Å²) in [6.45, 7) is 3.98. The Labute approximate surface area is 129 Å². The minimum Gasteiger partial charge on any atom is -0.423 e. The molecule has 1 unspecified atom stereocenters. The third kappa shape index (κ3) is 2.65. The van der Waals surface area contributed by atoms with Crippen LogP contribution in [0.5, 0.6) is 0 Å². The van der Waals surface area contributed by atoms with Gasteiger partial charge in [-0.15, -0.1) is 10.2 Å². The third-order valence-corrected chi connectivity index (χ3v) is 4.62. The molecule has 7 nitrogen and oxygen atoms in total. The van der Waals surface area contributed by atoms with E-state index in [0.717, 1.165) is 31.1 Å². The molecule has 2 aromatic rings. The van der Waals surface area contributed by atoms with E-state index < -0.39 is 0 Å². The summed E-state index contributed by atoms with van der Waals surface area (Å²) >= 11 is 0. The van der Waals surface area contributed by atoms with Gasteiger partial charge in [0.2, 0.25) is 11.8 Å². The lowest BCUT2D eigenvalue weighted by Gasteiger charge is -2.21. The number of rotatable bonds is 4. The molecule has 1 atom stereocenters. The molecule has 3 heterocycles. The summed E-state index contributed by atoms with van der Waals surface area (Å²) in [7, 11) is 0. The zero-order valence-corrected chi connectivity index (χ0v) is 12.9. The molecule has 7 heteroatoms. The Hall–Kier alpha value is -1.76. The fraction of sp³-hybridized carbons (Fsp3) is 0.733. The summed E-state index contributed by atoms with van der Waals surface area (Å²) in [5.74, 6) is 3.92. The van der Waals surface area contributed by atoms with Gasteiger partial charge in [-0.3, -0.25) is 0 Å². The number of nitrogens with zero attached hydrogens (tertiary/aromatic N) is 5. The van der Waals surface area contributed by atoms with Crippen molar-refractivity contribution >= 4 is 0 Å². The zero-order chi connectivity index (χ0) is 14.9. The highest BCUT2D eigenvalue weighted by Gasteiger charge is 2.25. The SMILES string of the molecule is Cc1nc(C2CCC2)nn1Cc1nnc(C2CCCOC2)o1. The third-order valence-electron chi connectivity index (χ3n) is 4.62. The summed E-state index contributed by atoms with van der Waals surface area (Å²) in [5.41, 5.74) is 0. The van der Waals surface area contributed by atoms with Gasteiger partial charge in [0.05, 0.1) is 12.5 Å². The molecular formula is C15H21N5O2. The molecule has 2 fully saturated rings. The molecule has 22 heavy (non-hydrogen) atoms. The highest BCUT2D eigenvalue weighted by molar-refractivity contribution is 5.03. The lowest BCUT2D eigenvalue weighted by molar-refractivity contribution is 0.0721. The number of ether oxygens (including phenoxy) is 1. The van der Waals surface area contributed by atoms with Crippen molar-refractivity contribution in [3.05, 3.63) is 23.4 Å². The summed E-state index contributed by atoms with van der Waals surface area (Å²) in [5, 5.41) is 12.9. The molecule has 2 aliphatic rings. The van der Waals surface area contributed by atoms with Crippen molar-refractivity contribution in [2.45, 2.75) is 57.4 Å². The molecule has 1 saturated heterocycles. The quantitative estimate of drug-likeness (QED) is 0.861. The molecule has 0 N–H and O–H groups in total. The molecule has 0 bridgehead atoms. The van der Waals surface area contributed by atoms with Gasteiger partial charge in [-0.25, -0.2) is 9.67 Å². The maximum Gasteiger partial charge on any atom is 0.238 e. The average molecular weight is 303 g/mol. The van der Waals surface area contributed by atoms with Gasteiger partial charge in [-0.05, 0) is 32.6 Å². The first-order valence-corrected chi connectivity index (χ1v) is 8.11. The Morgan fingerprint density at radius 1 is 1.14 bits per heavy atom. The van der Waals surface area contributed by atoms with Crippen LogP contribution in [0.1, 0.15) is 67.4 Å². The molecule has 4 rings (SSSR count). The van der Waals surface area contributed by atoms with Crippen LogP contribution in [0.4, 0.5) is 0 Å². The van der Waals surface area contributed by atoms with E-state index in [1.165, 1.54) is 19.3 Å². The van der Waals surface area contributed by atoms with Gasteiger partial charge >= 0.3 is 0 Å². The smallest absolute Gasteiger partial charge is 0.238 e. The van der Waals surface area contributed by atoms with Crippen molar-refractivity contribution in [2.24, 2.45) is 0 Å². The number of hydrogen-bond donors (Lipinski definition) is 0. The second kappa shape index (κ2) is 5.79. The monoisotopic (exact) mass is 303 g/mol. The first kappa shape index (κ1) is 13.9. The summed E-state index contributed by atoms with van der Waals surface area (Å²) < 4.78 is 13.1. The maximum atomic E-state index is 5.80. The van der Waals surface area contributed by atoms with Gasteiger partial charge in [-0.1, -0.05) is 6.42 Å². The van der Waals surface area contributed by atoms with E-state index >= 15 is 0 Å². The minimum atomic E-state index is 0.234. The van der Waals surface area contributed by atoms with E-state index in [4.69, 9.17) is 9.15 Å². The molecule has 0 radical (unpaired) electrons. The topological polar surface area (TPSA) is 78.9 Å². The van der Waals surface area contributed by atoms with Crippen LogP contribution in [-0.2, 0) is 11.3 Å². The van der Waals surface area contributed by atoms with Crippen LogP contribution < -0.4 is 0 Å². The first-order valence-electron chi connectivity index (χ1n) is 8.11. The van der Waals surface area contributed by atoms with Gasteiger partial charge in [0, 0.05) is 12.5 Å². The maximum absolute atomic E-state index is 5.80. The highest BCUT2D eigenvalue weighted by atomic mass is 16.5. The number of hydrogen-bond acceptors (Lipinski definition) is 6. The van der Waals surface area contributed by atoms with Crippen LogP contribution in [0.2, 0.25) is 0 Å². The minimum absolute atomic E-state index is 0.234. The Kier molecular flexibility index (Phi) is 3.65. The van der Waals surface area contributed by atoms with Gasteiger partial charge in [0.1, 0.15) is 12.4 Å². The Balaban J connectivity index is 1.46. The number of aryl methyl sites for hydroxylation is 1. The van der Waals surface area contributed by atoms with Gasteiger partial charge in [0.15, 0.2) is 5.82 Å². The van der Waals surface area contributed by atoms with Gasteiger partial charge in [0.25, 0.3) is 0 Å². The molecular weight excluding hydrogens is 282 g/mol. The summed E-state index contributed by atoms with van der Waals surface area (Å²) in [6, 6.07) is 0. The van der Waals surface area contributed by atoms with Crippen molar-refractivity contribution in [3.63, 3.8) is 0 Å². The molecule has 1 aliphatic carbocycles.